The molecule has 0 aliphatic heterocycles. The van der Waals surface area contributed by atoms with Gasteiger partial charge < -0.3 is 10.5 Å². The summed E-state index contributed by atoms with van der Waals surface area (Å²) in [7, 11) is 0. The summed E-state index contributed by atoms with van der Waals surface area (Å²) in [6.07, 6.45) is 6.23. The Morgan fingerprint density at radius 3 is 3.00 bits per heavy atom. The van der Waals surface area contributed by atoms with Crippen molar-refractivity contribution in [2.24, 2.45) is 5.73 Å². The summed E-state index contributed by atoms with van der Waals surface area (Å²) in [5.41, 5.74) is 7.27. The Morgan fingerprint density at radius 1 is 1.28 bits per heavy atom. The van der Waals surface area contributed by atoms with Crippen molar-refractivity contribution in [2.45, 2.75) is 25.8 Å². The van der Waals surface area contributed by atoms with E-state index in [0.717, 1.165) is 37.0 Å². The van der Waals surface area contributed by atoms with Crippen LogP contribution in [0.25, 0.3) is 11.2 Å². The molecule has 0 fully saturated rings. The molecule has 7 nitrogen and oxygen atoms in total. The molecule has 0 bridgehead atoms. The molecule has 0 unspecified atom stereocenters. The zero-order valence-corrected chi connectivity index (χ0v) is 14.4. The van der Waals surface area contributed by atoms with E-state index in [2.05, 4.69) is 15.0 Å². The number of aromatic amines is 1. The highest BCUT2D eigenvalue weighted by Gasteiger charge is 2.14. The van der Waals surface area contributed by atoms with Crippen molar-refractivity contribution in [3.8, 4) is 5.75 Å². The van der Waals surface area contributed by atoms with Gasteiger partial charge in [0.2, 0.25) is 11.4 Å². The molecule has 25 heavy (non-hydrogen) atoms. The number of carbonyl (C=O) groups is 1. The Hall–Kier alpha value is -2.67. The number of halogens is 1. The van der Waals surface area contributed by atoms with Crippen LogP contribution in [0.2, 0.25) is 5.15 Å². The average Bonchev–Trinajstić information content (AvgIpc) is 3.03. The van der Waals surface area contributed by atoms with Crippen molar-refractivity contribution in [3.63, 3.8) is 0 Å². The SMILES string of the molecule is NC(=O)c1cccc(OCCCCC[n+]2c[nH]c3c(Cl)ncnc32)c1. The number of nitrogens with two attached hydrogens (primary N) is 1. The molecule has 130 valence electrons. The number of nitrogens with zero attached hydrogens (tertiary/aromatic N) is 3. The molecule has 1 aromatic carbocycles. The number of amides is 1. The first-order valence-corrected chi connectivity index (χ1v) is 8.42. The molecule has 0 saturated carbocycles. The van der Waals surface area contributed by atoms with Crippen LogP contribution in [-0.2, 0) is 6.54 Å². The molecule has 0 radical (unpaired) electrons. The van der Waals surface area contributed by atoms with Gasteiger partial charge in [0.25, 0.3) is 0 Å². The molecule has 1 amide bonds. The number of hydrogen-bond acceptors (Lipinski definition) is 4. The molecule has 2 aromatic heterocycles. The van der Waals surface area contributed by atoms with Crippen LogP contribution in [0, 0.1) is 0 Å². The molecule has 2 heterocycles. The minimum Gasteiger partial charge on any atom is -0.494 e. The third-order valence-electron chi connectivity index (χ3n) is 3.85. The number of primary amides is 1. The van der Waals surface area contributed by atoms with Crippen LogP contribution in [0.3, 0.4) is 0 Å². The summed E-state index contributed by atoms with van der Waals surface area (Å²) >= 11 is 6.02. The number of hydrogen-bond donors (Lipinski definition) is 2. The van der Waals surface area contributed by atoms with Crippen molar-refractivity contribution in [3.05, 3.63) is 47.6 Å². The zero-order valence-electron chi connectivity index (χ0n) is 13.6. The Balaban J connectivity index is 1.42. The monoisotopic (exact) mass is 360 g/mol. The summed E-state index contributed by atoms with van der Waals surface area (Å²) in [5, 5.41) is 0.426. The van der Waals surface area contributed by atoms with Crippen molar-refractivity contribution in [2.75, 3.05) is 6.61 Å². The number of unbranched alkanes of at least 4 members (excludes halogenated alkanes) is 2. The number of benzene rings is 1. The van der Waals surface area contributed by atoms with E-state index in [4.69, 9.17) is 22.1 Å². The average molecular weight is 361 g/mol. The lowest BCUT2D eigenvalue weighted by Gasteiger charge is -2.06. The van der Waals surface area contributed by atoms with Crippen molar-refractivity contribution in [1.29, 1.82) is 0 Å². The molecule has 0 spiro atoms. The summed E-state index contributed by atoms with van der Waals surface area (Å²) < 4.78 is 7.69. The van der Waals surface area contributed by atoms with E-state index >= 15 is 0 Å². The van der Waals surface area contributed by atoms with Gasteiger partial charge in [0.1, 0.15) is 5.75 Å². The van der Waals surface area contributed by atoms with Crippen molar-refractivity contribution in [1.82, 2.24) is 15.0 Å². The first-order chi connectivity index (χ1) is 12.1. The maximum absolute atomic E-state index is 11.1. The third-order valence-corrected chi connectivity index (χ3v) is 4.13. The predicted molar refractivity (Wildman–Crippen MR) is 93.4 cm³/mol. The maximum atomic E-state index is 11.1. The first-order valence-electron chi connectivity index (χ1n) is 8.05. The number of nitrogens with one attached hydrogen (secondary N) is 1. The van der Waals surface area contributed by atoms with Crippen LogP contribution in [0.4, 0.5) is 0 Å². The third kappa shape index (κ3) is 4.24. The maximum Gasteiger partial charge on any atom is 0.306 e. The Kier molecular flexibility index (Phi) is 5.45. The van der Waals surface area contributed by atoms with Gasteiger partial charge in [-0.3, -0.25) is 9.78 Å². The van der Waals surface area contributed by atoms with E-state index in [1.165, 1.54) is 6.33 Å². The van der Waals surface area contributed by atoms with E-state index in [-0.39, 0.29) is 0 Å². The lowest BCUT2D eigenvalue weighted by molar-refractivity contribution is -0.673. The number of aromatic nitrogens is 4. The molecule has 3 aromatic rings. The van der Waals surface area contributed by atoms with Crippen molar-refractivity contribution < 1.29 is 14.1 Å². The fourth-order valence-corrected chi connectivity index (χ4v) is 2.74. The van der Waals surface area contributed by atoms with Gasteiger partial charge in [-0.2, -0.15) is 0 Å². The first kappa shape index (κ1) is 17.2. The van der Waals surface area contributed by atoms with Crippen LogP contribution in [-0.4, -0.2) is 27.5 Å². The van der Waals surface area contributed by atoms with Gasteiger partial charge in [-0.05, 0) is 37.5 Å². The Labute approximate surface area is 149 Å². The fourth-order valence-electron chi connectivity index (χ4n) is 2.56. The van der Waals surface area contributed by atoms with Crippen LogP contribution >= 0.6 is 11.6 Å². The lowest BCUT2D eigenvalue weighted by atomic mass is 10.2. The van der Waals surface area contributed by atoms with Crippen molar-refractivity contribution >= 4 is 28.7 Å². The van der Waals surface area contributed by atoms with Crippen LogP contribution < -0.4 is 15.0 Å². The van der Waals surface area contributed by atoms with Gasteiger partial charge in [0.15, 0.2) is 17.8 Å². The number of H-pyrrole nitrogens is 1. The van der Waals surface area contributed by atoms with Gasteiger partial charge in [0, 0.05) is 5.56 Å². The fraction of sp³-hybridized carbons (Fsp3) is 0.294. The van der Waals surface area contributed by atoms with Gasteiger partial charge in [-0.25, -0.2) is 9.55 Å². The molecule has 3 rings (SSSR count). The lowest BCUT2D eigenvalue weighted by Crippen LogP contribution is -2.32. The number of ether oxygens (including phenoxy) is 1. The molecule has 0 aliphatic rings. The summed E-state index contributed by atoms with van der Waals surface area (Å²) in [6.45, 7) is 1.43. The second-order valence-electron chi connectivity index (χ2n) is 5.63. The molecule has 8 heteroatoms. The van der Waals surface area contributed by atoms with Gasteiger partial charge in [-0.15, -0.1) is 0 Å². The number of aryl methyl sites for hydroxylation is 1. The van der Waals surface area contributed by atoms with E-state index in [1.54, 1.807) is 18.2 Å². The molecular weight excluding hydrogens is 342 g/mol. The topological polar surface area (TPSA) is 97.8 Å². The van der Waals surface area contributed by atoms with Crippen LogP contribution in [0.15, 0.2) is 36.9 Å². The Bertz CT molecular complexity index is 880. The van der Waals surface area contributed by atoms with Gasteiger partial charge in [-0.1, -0.05) is 22.7 Å². The summed E-state index contributed by atoms with van der Waals surface area (Å²) in [4.78, 5) is 22.4. The molecule has 0 atom stereocenters. The van der Waals surface area contributed by atoms with Gasteiger partial charge in [0.05, 0.1) is 13.2 Å². The molecule has 0 saturated heterocycles. The standard InChI is InChI=1S/C17H18ClN5O2/c18-15-14-17(21-10-20-15)23(11-22-14)7-2-1-3-8-25-13-6-4-5-12(9-13)16(19)24/h4-6,9-11H,1-3,7-8H2,(H2,19,24)/p+1. The smallest absolute Gasteiger partial charge is 0.306 e. The number of imidazole rings is 1. The highest BCUT2D eigenvalue weighted by molar-refractivity contribution is 6.33. The highest BCUT2D eigenvalue weighted by Crippen LogP contribution is 2.14. The Morgan fingerprint density at radius 2 is 2.16 bits per heavy atom. The van der Waals surface area contributed by atoms with Crippen LogP contribution in [0.5, 0.6) is 5.75 Å². The number of rotatable bonds is 8. The van der Waals surface area contributed by atoms with E-state index in [9.17, 15) is 4.79 Å². The molecule has 0 aliphatic carbocycles. The van der Waals surface area contributed by atoms with Crippen LogP contribution in [0.1, 0.15) is 29.6 Å². The summed E-state index contributed by atoms with van der Waals surface area (Å²) in [6, 6.07) is 6.91. The highest BCUT2D eigenvalue weighted by atomic mass is 35.5. The van der Waals surface area contributed by atoms with Gasteiger partial charge >= 0.3 is 5.65 Å². The second-order valence-corrected chi connectivity index (χ2v) is 5.99. The van der Waals surface area contributed by atoms with E-state index in [0.29, 0.717) is 23.1 Å². The number of fused-ring (bicyclic) bond motifs is 1. The largest absolute Gasteiger partial charge is 0.494 e. The normalized spacial score (nSPS) is 10.9. The minimum atomic E-state index is -0.454. The quantitative estimate of drug-likeness (QED) is 0.365. The number of carbonyl (C=O) groups excluding carboxylic acids is 1. The van der Waals surface area contributed by atoms with E-state index in [1.807, 2.05) is 17.0 Å². The minimum absolute atomic E-state index is 0.426. The second kappa shape index (κ2) is 7.94. The predicted octanol–water partition coefficient (Wildman–Crippen LogP) is 2.25. The summed E-state index contributed by atoms with van der Waals surface area (Å²) in [5.74, 6) is 0.207. The molecular formula is C17H19ClN5O2+. The zero-order chi connectivity index (χ0) is 17.6. The molecule has 3 N–H and O–H groups in total. The van der Waals surface area contributed by atoms with E-state index < -0.39 is 5.91 Å².